The van der Waals surface area contributed by atoms with Gasteiger partial charge in [0.25, 0.3) is 5.91 Å². The maximum atomic E-state index is 12.2. The van der Waals surface area contributed by atoms with E-state index in [0.29, 0.717) is 18.5 Å². The van der Waals surface area contributed by atoms with E-state index in [4.69, 9.17) is 0 Å². The molecule has 0 aliphatic heterocycles. The van der Waals surface area contributed by atoms with E-state index in [0.717, 1.165) is 12.1 Å². The topological polar surface area (TPSA) is 84.2 Å². The third kappa shape index (κ3) is 3.33. The molecule has 0 saturated carbocycles. The lowest BCUT2D eigenvalue weighted by molar-refractivity contribution is -0.144. The molecule has 1 rings (SSSR count). The zero-order valence-corrected chi connectivity index (χ0v) is 11.9. The molecule has 0 aliphatic rings. The van der Waals surface area contributed by atoms with Crippen molar-refractivity contribution in [3.63, 3.8) is 0 Å². The van der Waals surface area contributed by atoms with Crippen LogP contribution in [0.25, 0.3) is 0 Å². The van der Waals surface area contributed by atoms with E-state index >= 15 is 0 Å². The number of carboxylic acids is 1. The first kappa shape index (κ1) is 15.2. The number of carboxylic acid groups (broad SMARTS) is 1. The van der Waals surface area contributed by atoms with Crippen molar-refractivity contribution in [2.24, 2.45) is 7.05 Å². The summed E-state index contributed by atoms with van der Waals surface area (Å²) in [4.78, 5) is 23.4. The van der Waals surface area contributed by atoms with Crippen LogP contribution in [0.15, 0.2) is 6.07 Å². The number of nitrogens with zero attached hydrogens (tertiary/aromatic N) is 2. The summed E-state index contributed by atoms with van der Waals surface area (Å²) >= 11 is 0. The predicted octanol–water partition coefficient (Wildman–Crippen LogP) is 1.36. The van der Waals surface area contributed by atoms with E-state index in [-0.39, 0.29) is 0 Å². The van der Waals surface area contributed by atoms with Crippen molar-refractivity contribution in [3.05, 3.63) is 17.5 Å². The SMILES string of the molecule is CCCC(C)(NC(=O)c1cc(CC)nn1C)C(=O)O. The Balaban J connectivity index is 2.93. The van der Waals surface area contributed by atoms with Crippen LogP contribution in [0, 0.1) is 0 Å². The molecule has 6 nitrogen and oxygen atoms in total. The van der Waals surface area contributed by atoms with Gasteiger partial charge >= 0.3 is 5.97 Å². The summed E-state index contributed by atoms with van der Waals surface area (Å²) in [7, 11) is 1.67. The number of amides is 1. The Morgan fingerprint density at radius 3 is 2.53 bits per heavy atom. The highest BCUT2D eigenvalue weighted by Crippen LogP contribution is 2.14. The first-order valence-corrected chi connectivity index (χ1v) is 6.42. The fourth-order valence-corrected chi connectivity index (χ4v) is 1.95. The van der Waals surface area contributed by atoms with E-state index in [2.05, 4.69) is 10.4 Å². The van der Waals surface area contributed by atoms with Gasteiger partial charge in [0.1, 0.15) is 11.2 Å². The molecule has 19 heavy (non-hydrogen) atoms. The zero-order chi connectivity index (χ0) is 14.6. The molecule has 0 bridgehead atoms. The Morgan fingerprint density at radius 1 is 1.47 bits per heavy atom. The Kier molecular flexibility index (Phi) is 4.69. The molecular formula is C13H21N3O3. The van der Waals surface area contributed by atoms with Crippen molar-refractivity contribution in [2.75, 3.05) is 0 Å². The monoisotopic (exact) mass is 267 g/mol. The summed E-state index contributed by atoms with van der Waals surface area (Å²) in [6.07, 6.45) is 1.79. The lowest BCUT2D eigenvalue weighted by atomic mass is 9.96. The van der Waals surface area contributed by atoms with Gasteiger partial charge in [-0.3, -0.25) is 9.48 Å². The van der Waals surface area contributed by atoms with Crippen LogP contribution in [0.5, 0.6) is 0 Å². The number of hydrogen-bond donors (Lipinski definition) is 2. The van der Waals surface area contributed by atoms with Gasteiger partial charge in [-0.05, 0) is 25.8 Å². The number of aryl methyl sites for hydroxylation is 2. The van der Waals surface area contributed by atoms with Gasteiger partial charge in [-0.1, -0.05) is 20.3 Å². The number of hydrogen-bond acceptors (Lipinski definition) is 3. The molecule has 1 aromatic rings. The van der Waals surface area contributed by atoms with Crippen molar-refractivity contribution in [1.82, 2.24) is 15.1 Å². The number of aromatic nitrogens is 2. The third-order valence-corrected chi connectivity index (χ3v) is 3.14. The van der Waals surface area contributed by atoms with E-state index in [1.807, 2.05) is 13.8 Å². The van der Waals surface area contributed by atoms with Crippen molar-refractivity contribution in [3.8, 4) is 0 Å². The summed E-state index contributed by atoms with van der Waals surface area (Å²) in [6.45, 7) is 5.35. The summed E-state index contributed by atoms with van der Waals surface area (Å²) in [5, 5.41) is 16.0. The average Bonchev–Trinajstić information content (AvgIpc) is 2.70. The first-order valence-electron chi connectivity index (χ1n) is 6.42. The average molecular weight is 267 g/mol. The number of nitrogens with one attached hydrogen (secondary N) is 1. The molecular weight excluding hydrogens is 246 g/mol. The van der Waals surface area contributed by atoms with Gasteiger partial charge in [0.15, 0.2) is 0 Å². The van der Waals surface area contributed by atoms with Gasteiger partial charge in [0.2, 0.25) is 0 Å². The van der Waals surface area contributed by atoms with Gasteiger partial charge in [0, 0.05) is 7.05 Å². The molecule has 0 spiro atoms. The second-order valence-electron chi connectivity index (χ2n) is 4.84. The molecule has 0 saturated heterocycles. The van der Waals surface area contributed by atoms with Gasteiger partial charge in [0.05, 0.1) is 5.69 Å². The van der Waals surface area contributed by atoms with Crippen LogP contribution in [0.4, 0.5) is 0 Å². The molecule has 1 heterocycles. The fourth-order valence-electron chi connectivity index (χ4n) is 1.95. The van der Waals surface area contributed by atoms with Gasteiger partial charge < -0.3 is 10.4 Å². The predicted molar refractivity (Wildman–Crippen MR) is 71.0 cm³/mol. The Hall–Kier alpha value is -1.85. The highest BCUT2D eigenvalue weighted by molar-refractivity contribution is 5.96. The molecule has 0 aliphatic carbocycles. The number of aliphatic carboxylic acids is 1. The number of rotatable bonds is 6. The maximum Gasteiger partial charge on any atom is 0.329 e. The molecule has 2 N–H and O–H groups in total. The normalized spacial score (nSPS) is 13.9. The van der Waals surface area contributed by atoms with E-state index < -0.39 is 17.4 Å². The van der Waals surface area contributed by atoms with Crippen LogP contribution in [-0.4, -0.2) is 32.3 Å². The fraction of sp³-hybridized carbons (Fsp3) is 0.615. The highest BCUT2D eigenvalue weighted by atomic mass is 16.4. The smallest absolute Gasteiger partial charge is 0.329 e. The van der Waals surface area contributed by atoms with Crippen LogP contribution in [0.1, 0.15) is 49.8 Å². The lowest BCUT2D eigenvalue weighted by Gasteiger charge is -2.25. The number of carbonyl (C=O) groups is 2. The van der Waals surface area contributed by atoms with Crippen molar-refractivity contribution < 1.29 is 14.7 Å². The van der Waals surface area contributed by atoms with Crippen molar-refractivity contribution in [2.45, 2.75) is 45.6 Å². The summed E-state index contributed by atoms with van der Waals surface area (Å²) < 4.78 is 1.47. The summed E-state index contributed by atoms with van der Waals surface area (Å²) in [5.41, 5.74) is -0.0664. The summed E-state index contributed by atoms with van der Waals surface area (Å²) in [5.74, 6) is -1.44. The standard InChI is InChI=1S/C13H21N3O3/c1-5-7-13(3,12(18)19)14-11(17)10-8-9(6-2)15-16(10)4/h8H,5-7H2,1-4H3,(H,14,17)(H,18,19). The van der Waals surface area contributed by atoms with Crippen LogP contribution in [0.2, 0.25) is 0 Å². The van der Waals surface area contributed by atoms with E-state index in [1.54, 1.807) is 13.1 Å². The molecule has 0 fully saturated rings. The largest absolute Gasteiger partial charge is 0.480 e. The van der Waals surface area contributed by atoms with Crippen molar-refractivity contribution in [1.29, 1.82) is 0 Å². The minimum atomic E-state index is -1.25. The molecule has 6 heteroatoms. The first-order chi connectivity index (χ1) is 8.84. The second-order valence-corrected chi connectivity index (χ2v) is 4.84. The Labute approximate surface area is 112 Å². The zero-order valence-electron chi connectivity index (χ0n) is 11.9. The number of carbonyl (C=O) groups excluding carboxylic acids is 1. The van der Waals surface area contributed by atoms with Gasteiger partial charge in [-0.2, -0.15) is 5.10 Å². The quantitative estimate of drug-likeness (QED) is 0.815. The second kappa shape index (κ2) is 5.86. The lowest BCUT2D eigenvalue weighted by Crippen LogP contribution is -2.52. The Morgan fingerprint density at radius 2 is 2.11 bits per heavy atom. The maximum absolute atomic E-state index is 12.2. The van der Waals surface area contributed by atoms with Crippen LogP contribution in [-0.2, 0) is 18.3 Å². The minimum Gasteiger partial charge on any atom is -0.480 e. The van der Waals surface area contributed by atoms with Crippen LogP contribution >= 0.6 is 0 Å². The van der Waals surface area contributed by atoms with Crippen molar-refractivity contribution >= 4 is 11.9 Å². The minimum absolute atomic E-state index is 0.375. The van der Waals surface area contributed by atoms with Crippen LogP contribution < -0.4 is 5.32 Å². The van der Waals surface area contributed by atoms with E-state index in [9.17, 15) is 14.7 Å². The molecule has 0 aromatic carbocycles. The molecule has 1 unspecified atom stereocenters. The molecule has 106 valence electrons. The molecule has 0 radical (unpaired) electrons. The van der Waals surface area contributed by atoms with Crippen LogP contribution in [0.3, 0.4) is 0 Å². The third-order valence-electron chi connectivity index (χ3n) is 3.14. The van der Waals surface area contributed by atoms with E-state index in [1.165, 1.54) is 11.6 Å². The van der Waals surface area contributed by atoms with Gasteiger partial charge in [-0.25, -0.2) is 4.79 Å². The van der Waals surface area contributed by atoms with Gasteiger partial charge in [-0.15, -0.1) is 0 Å². The molecule has 1 amide bonds. The molecule has 1 atom stereocenters. The molecule has 1 aromatic heterocycles. The highest BCUT2D eigenvalue weighted by Gasteiger charge is 2.34. The Bertz CT molecular complexity index is 481. The summed E-state index contributed by atoms with van der Waals surface area (Å²) in [6, 6.07) is 1.68.